The molecule has 1 N–H and O–H groups in total. The average Bonchev–Trinajstić information content (AvgIpc) is 2.61. The lowest BCUT2D eigenvalue weighted by molar-refractivity contribution is 0.0939. The van der Waals surface area contributed by atoms with Gasteiger partial charge in [-0.05, 0) is 35.8 Å². The molecule has 0 saturated carbocycles. The molecular formula is C12H18ClNOS. The van der Waals surface area contributed by atoms with Crippen molar-refractivity contribution in [2.75, 3.05) is 12.4 Å². The van der Waals surface area contributed by atoms with E-state index in [1.54, 1.807) is 0 Å². The second-order valence-electron chi connectivity index (χ2n) is 4.72. The Hall–Kier alpha value is -0.540. The molecule has 0 aromatic carbocycles. The molecule has 0 aliphatic carbocycles. The van der Waals surface area contributed by atoms with E-state index < -0.39 is 0 Å². The van der Waals surface area contributed by atoms with Crippen molar-refractivity contribution in [2.24, 2.45) is 5.41 Å². The molecule has 16 heavy (non-hydrogen) atoms. The van der Waals surface area contributed by atoms with E-state index in [0.29, 0.717) is 12.4 Å². The smallest absolute Gasteiger partial charge is 0.261 e. The first-order chi connectivity index (χ1) is 7.46. The normalized spacial score (nSPS) is 11.5. The summed E-state index contributed by atoms with van der Waals surface area (Å²) in [4.78, 5) is 12.7. The molecule has 0 aliphatic heterocycles. The summed E-state index contributed by atoms with van der Waals surface area (Å²) < 4.78 is 0. The number of carbonyl (C=O) groups is 1. The van der Waals surface area contributed by atoms with Crippen LogP contribution in [0.15, 0.2) is 11.4 Å². The van der Waals surface area contributed by atoms with Gasteiger partial charge >= 0.3 is 0 Å². The van der Waals surface area contributed by atoms with Gasteiger partial charge in [-0.3, -0.25) is 4.79 Å². The van der Waals surface area contributed by atoms with Crippen molar-refractivity contribution >= 4 is 28.8 Å². The fourth-order valence-electron chi connectivity index (χ4n) is 1.35. The predicted octanol–water partition coefficient (Wildman–Crippen LogP) is 3.44. The van der Waals surface area contributed by atoms with Gasteiger partial charge in [0.25, 0.3) is 5.91 Å². The SMILES string of the molecule is Cc1ccsc1C(=O)NCC(C)(C)CCCl. The van der Waals surface area contributed by atoms with E-state index in [-0.39, 0.29) is 11.3 Å². The third kappa shape index (κ3) is 3.80. The van der Waals surface area contributed by atoms with Gasteiger partial charge in [-0.15, -0.1) is 22.9 Å². The van der Waals surface area contributed by atoms with Gasteiger partial charge in [0.15, 0.2) is 0 Å². The Bertz CT molecular complexity index is 360. The number of rotatable bonds is 5. The van der Waals surface area contributed by atoms with Crippen LogP contribution in [0.2, 0.25) is 0 Å². The van der Waals surface area contributed by atoms with E-state index >= 15 is 0 Å². The minimum absolute atomic E-state index is 0.0233. The molecule has 0 unspecified atom stereocenters. The number of carbonyl (C=O) groups excluding carboxylic acids is 1. The van der Waals surface area contributed by atoms with Crippen molar-refractivity contribution in [3.8, 4) is 0 Å². The molecule has 1 rings (SSSR count). The van der Waals surface area contributed by atoms with Crippen LogP contribution >= 0.6 is 22.9 Å². The van der Waals surface area contributed by atoms with Crippen molar-refractivity contribution in [1.29, 1.82) is 0 Å². The number of nitrogens with one attached hydrogen (secondary N) is 1. The molecule has 1 amide bonds. The Labute approximate surface area is 106 Å². The Kier molecular flexibility index (Phi) is 4.81. The molecule has 0 atom stereocenters. The van der Waals surface area contributed by atoms with Crippen LogP contribution in [0.25, 0.3) is 0 Å². The first-order valence-corrected chi connectivity index (χ1v) is 6.76. The molecule has 1 heterocycles. The largest absolute Gasteiger partial charge is 0.351 e. The molecular weight excluding hydrogens is 242 g/mol. The zero-order chi connectivity index (χ0) is 12.2. The fourth-order valence-corrected chi connectivity index (χ4v) is 2.70. The van der Waals surface area contributed by atoms with Gasteiger partial charge in [-0.1, -0.05) is 13.8 Å². The summed E-state index contributed by atoms with van der Waals surface area (Å²) in [7, 11) is 0. The van der Waals surface area contributed by atoms with Gasteiger partial charge in [0, 0.05) is 12.4 Å². The number of hydrogen-bond donors (Lipinski definition) is 1. The maximum absolute atomic E-state index is 11.8. The van der Waals surface area contributed by atoms with Gasteiger partial charge in [0.2, 0.25) is 0 Å². The minimum atomic E-state index is 0.0233. The lowest BCUT2D eigenvalue weighted by Gasteiger charge is -2.23. The van der Waals surface area contributed by atoms with E-state index in [1.807, 2.05) is 18.4 Å². The number of amides is 1. The number of thiophene rings is 1. The van der Waals surface area contributed by atoms with Crippen molar-refractivity contribution in [3.63, 3.8) is 0 Å². The lowest BCUT2D eigenvalue weighted by atomic mass is 9.90. The van der Waals surface area contributed by atoms with Crippen LogP contribution < -0.4 is 5.32 Å². The van der Waals surface area contributed by atoms with E-state index in [9.17, 15) is 4.79 Å². The molecule has 1 aromatic rings. The summed E-state index contributed by atoms with van der Waals surface area (Å²) >= 11 is 7.20. The van der Waals surface area contributed by atoms with E-state index in [4.69, 9.17) is 11.6 Å². The Morgan fingerprint density at radius 1 is 1.56 bits per heavy atom. The highest BCUT2D eigenvalue weighted by Crippen LogP contribution is 2.20. The van der Waals surface area contributed by atoms with Crippen molar-refractivity contribution in [2.45, 2.75) is 27.2 Å². The number of alkyl halides is 1. The predicted molar refractivity (Wildman–Crippen MR) is 70.5 cm³/mol. The maximum atomic E-state index is 11.8. The maximum Gasteiger partial charge on any atom is 0.261 e. The summed E-state index contributed by atoms with van der Waals surface area (Å²) in [6.07, 6.45) is 0.901. The summed E-state index contributed by atoms with van der Waals surface area (Å²) in [6, 6.07) is 1.96. The summed E-state index contributed by atoms with van der Waals surface area (Å²) in [6.45, 7) is 6.83. The van der Waals surface area contributed by atoms with Crippen LogP contribution in [0.5, 0.6) is 0 Å². The van der Waals surface area contributed by atoms with Crippen LogP contribution in [0.1, 0.15) is 35.5 Å². The van der Waals surface area contributed by atoms with Crippen molar-refractivity contribution < 1.29 is 4.79 Å². The quantitative estimate of drug-likeness (QED) is 0.807. The van der Waals surface area contributed by atoms with Crippen molar-refractivity contribution in [1.82, 2.24) is 5.32 Å². The Morgan fingerprint density at radius 3 is 2.75 bits per heavy atom. The fraction of sp³-hybridized carbons (Fsp3) is 0.583. The van der Waals surface area contributed by atoms with Gasteiger partial charge in [0.05, 0.1) is 4.88 Å². The van der Waals surface area contributed by atoms with Crippen LogP contribution in [0, 0.1) is 12.3 Å². The molecule has 0 fully saturated rings. The Morgan fingerprint density at radius 2 is 2.25 bits per heavy atom. The zero-order valence-corrected chi connectivity index (χ0v) is 11.5. The number of halogens is 1. The molecule has 0 bridgehead atoms. The molecule has 90 valence electrons. The first-order valence-electron chi connectivity index (χ1n) is 5.34. The highest BCUT2D eigenvalue weighted by Gasteiger charge is 2.19. The zero-order valence-electron chi connectivity index (χ0n) is 9.97. The molecule has 0 radical (unpaired) electrons. The topological polar surface area (TPSA) is 29.1 Å². The number of aryl methyl sites for hydroxylation is 1. The first kappa shape index (κ1) is 13.5. The van der Waals surface area contributed by atoms with Gasteiger partial charge < -0.3 is 5.32 Å². The monoisotopic (exact) mass is 259 g/mol. The van der Waals surface area contributed by atoms with Crippen LogP contribution in [-0.4, -0.2) is 18.3 Å². The lowest BCUT2D eigenvalue weighted by Crippen LogP contribution is -2.34. The molecule has 1 aromatic heterocycles. The molecule has 0 spiro atoms. The van der Waals surface area contributed by atoms with Crippen LogP contribution in [-0.2, 0) is 0 Å². The van der Waals surface area contributed by atoms with Crippen LogP contribution in [0.3, 0.4) is 0 Å². The summed E-state index contributed by atoms with van der Waals surface area (Å²) in [5, 5.41) is 4.90. The molecule has 0 saturated heterocycles. The van der Waals surface area contributed by atoms with Gasteiger partial charge in [0.1, 0.15) is 0 Å². The minimum Gasteiger partial charge on any atom is -0.351 e. The van der Waals surface area contributed by atoms with Gasteiger partial charge in [-0.25, -0.2) is 0 Å². The van der Waals surface area contributed by atoms with E-state index in [0.717, 1.165) is 16.9 Å². The van der Waals surface area contributed by atoms with Crippen LogP contribution in [0.4, 0.5) is 0 Å². The third-order valence-electron chi connectivity index (χ3n) is 2.57. The molecule has 4 heteroatoms. The van der Waals surface area contributed by atoms with E-state index in [1.165, 1.54) is 11.3 Å². The van der Waals surface area contributed by atoms with Crippen molar-refractivity contribution in [3.05, 3.63) is 21.9 Å². The Balaban J connectivity index is 2.51. The second kappa shape index (κ2) is 5.69. The second-order valence-corrected chi connectivity index (χ2v) is 6.01. The third-order valence-corrected chi connectivity index (χ3v) is 3.77. The highest BCUT2D eigenvalue weighted by molar-refractivity contribution is 7.12. The molecule has 2 nitrogen and oxygen atoms in total. The molecule has 0 aliphatic rings. The number of hydrogen-bond acceptors (Lipinski definition) is 2. The highest BCUT2D eigenvalue weighted by atomic mass is 35.5. The van der Waals surface area contributed by atoms with Gasteiger partial charge in [-0.2, -0.15) is 0 Å². The summed E-state index contributed by atoms with van der Waals surface area (Å²) in [5.74, 6) is 0.649. The average molecular weight is 260 g/mol. The van der Waals surface area contributed by atoms with E-state index in [2.05, 4.69) is 19.2 Å². The standard InChI is InChI=1S/C12H18ClNOS/c1-9-4-7-16-10(9)11(15)14-8-12(2,3)5-6-13/h4,7H,5-6,8H2,1-3H3,(H,14,15). The summed E-state index contributed by atoms with van der Waals surface area (Å²) in [5.41, 5.74) is 1.10.